The van der Waals surface area contributed by atoms with E-state index in [-0.39, 0.29) is 41.4 Å². The summed E-state index contributed by atoms with van der Waals surface area (Å²) in [5, 5.41) is 116. The van der Waals surface area contributed by atoms with Crippen LogP contribution >= 0.6 is 0 Å². The number of quaternary nitrogens is 1. The van der Waals surface area contributed by atoms with Gasteiger partial charge in [-0.3, -0.25) is 4.90 Å². The zero-order chi connectivity index (χ0) is 36.6. The molecule has 276 valence electrons. The molecule has 2 saturated heterocycles. The molecule has 4 aliphatic heterocycles. The van der Waals surface area contributed by atoms with E-state index in [1.54, 1.807) is 0 Å². The first kappa shape index (κ1) is 37.3. The number of ether oxygens (including phenoxy) is 4. The Hall–Kier alpha value is -3.93. The number of aliphatic hydroxyl groups excluding tert-OH is 7. The molecule has 1 aromatic rings. The average Bonchev–Trinajstić information content (AvgIpc) is 3.43. The number of hydrogen-bond acceptors (Lipinski definition) is 17. The number of hydrogen-bond donors (Lipinski definition) is 12. The Kier molecular flexibility index (Phi) is 11.3. The van der Waals surface area contributed by atoms with Crippen LogP contribution in [-0.2, 0) is 35.0 Å². The van der Waals surface area contributed by atoms with Gasteiger partial charge in [0, 0.05) is 24.5 Å². The summed E-state index contributed by atoms with van der Waals surface area (Å²) in [4.78, 5) is 35.5. The van der Waals surface area contributed by atoms with Crippen molar-refractivity contribution in [2.24, 2.45) is 0 Å². The van der Waals surface area contributed by atoms with E-state index in [9.17, 15) is 70.6 Å². The van der Waals surface area contributed by atoms with Gasteiger partial charge in [0.25, 0.3) is 0 Å². The molecule has 0 aromatic heterocycles. The maximum absolute atomic E-state index is 12.2. The van der Waals surface area contributed by atoms with Crippen LogP contribution in [0.4, 0.5) is 5.69 Å². The number of phenolic OH excluding ortho intramolecular Hbond substituents is 1. The molecule has 2 fully saturated rings. The molecule has 0 amide bonds. The van der Waals surface area contributed by atoms with E-state index in [0.29, 0.717) is 11.1 Å². The van der Waals surface area contributed by atoms with Crippen molar-refractivity contribution in [3.63, 3.8) is 0 Å². The number of benzene rings is 1. The number of phenols is 1. The van der Waals surface area contributed by atoms with Gasteiger partial charge >= 0.3 is 11.9 Å². The van der Waals surface area contributed by atoms with Gasteiger partial charge in [-0.2, -0.15) is 0 Å². The van der Waals surface area contributed by atoms with Gasteiger partial charge in [-0.05, 0) is 23.8 Å². The Morgan fingerprint density at radius 2 is 1.56 bits per heavy atom. The Morgan fingerprint density at radius 1 is 0.920 bits per heavy atom. The highest BCUT2D eigenvalue weighted by molar-refractivity contribution is 5.89. The zero-order valence-corrected chi connectivity index (χ0v) is 26.0. The lowest BCUT2D eigenvalue weighted by Gasteiger charge is -2.45. The molecule has 20 heteroatoms. The highest BCUT2D eigenvalue weighted by Gasteiger charge is 2.51. The standard InChI is InChI=1S/C30H38N2O18/c33-8-18-20(36)22(38)24(40)29(48-18)50-25-23(39)21(37)19(9-34)49-30(25)47-17-6-11-5-15(28(45)46)32(14(11)7-16(17)35)2-1-10-3-12(26(41)42)31-13(4-10)27(43)44/h1,3,6-7,13,15,18-25,29-31,33-40H,2,4-5,8-9H2,(H,41,42)(H,43,44)(H,45,46)/t13-,15+,18+,19+,20+,21+,22-,23-,24+,25+,29-,30+/m0/s1. The number of carboxylic acids is 3. The zero-order valence-electron chi connectivity index (χ0n) is 26.0. The number of carbonyl (C=O) groups excluding carboxylic acids is 1. The smallest absolute Gasteiger partial charge is 0.351 e. The molecule has 0 spiro atoms. The Bertz CT molecular complexity index is 1520. The number of nitrogens with one attached hydrogen (secondary N) is 2. The quantitative estimate of drug-likeness (QED) is 0.101. The van der Waals surface area contributed by atoms with Crippen LogP contribution in [0.5, 0.6) is 11.5 Å². The van der Waals surface area contributed by atoms with Gasteiger partial charge in [0.15, 0.2) is 23.9 Å². The molecular formula is C30H38N2O18. The highest BCUT2D eigenvalue weighted by atomic mass is 16.8. The summed E-state index contributed by atoms with van der Waals surface area (Å²) >= 11 is 0. The molecule has 12 N–H and O–H groups in total. The van der Waals surface area contributed by atoms with Gasteiger partial charge in [0.2, 0.25) is 6.29 Å². The highest BCUT2D eigenvalue weighted by Crippen LogP contribution is 2.37. The number of aromatic hydroxyl groups is 1. The predicted octanol–water partition coefficient (Wildman–Crippen LogP) is -7.07. The second-order valence-electron chi connectivity index (χ2n) is 12.3. The molecule has 1 aromatic carbocycles. The lowest BCUT2D eigenvalue weighted by molar-refractivity contribution is -0.840. The van der Waals surface area contributed by atoms with Crippen molar-refractivity contribution in [3.05, 3.63) is 41.1 Å². The average molecular weight is 715 g/mol. The Morgan fingerprint density at radius 3 is 2.16 bits per heavy atom. The first-order valence-corrected chi connectivity index (χ1v) is 15.5. The largest absolute Gasteiger partial charge is 0.544 e. The van der Waals surface area contributed by atoms with Crippen LogP contribution in [0.15, 0.2) is 35.6 Å². The molecule has 0 radical (unpaired) electrons. The molecule has 4 aliphatic rings. The first-order valence-electron chi connectivity index (χ1n) is 15.5. The van der Waals surface area contributed by atoms with Crippen molar-refractivity contribution >= 4 is 23.6 Å². The summed E-state index contributed by atoms with van der Waals surface area (Å²) in [5.74, 6) is -5.03. The minimum absolute atomic E-state index is 0.0840. The summed E-state index contributed by atoms with van der Waals surface area (Å²) in [6.45, 7) is -1.69. The SMILES string of the molecule is O=C(O)C1=CC(=CC[NH+]2c3cc(O)c(O[C@@H]4O[C@H](CO)[C@@H](O)[C@H](O)[C@H]4O[C@@H]4O[C@H](CO)[C@@H](O)[C@H](O)[C@H]4O)cc3C[C@@H]2C(=O)[O-])C[C@@H](C(=O)O)N1. The molecule has 5 rings (SSSR count). The number of carbonyl (C=O) groups is 3. The lowest BCUT2D eigenvalue weighted by atomic mass is 9.97. The summed E-state index contributed by atoms with van der Waals surface area (Å²) < 4.78 is 22.4. The summed E-state index contributed by atoms with van der Waals surface area (Å²) in [7, 11) is 0. The van der Waals surface area contributed by atoms with Gasteiger partial charge in [-0.25, -0.2) is 9.59 Å². The third kappa shape index (κ3) is 7.41. The minimum Gasteiger partial charge on any atom is -0.544 e. The lowest BCUT2D eigenvalue weighted by Crippen LogP contribution is -3.11. The van der Waals surface area contributed by atoms with Crippen molar-refractivity contribution in [2.75, 3.05) is 19.8 Å². The fraction of sp³-hybridized carbons (Fsp3) is 0.567. The van der Waals surface area contributed by atoms with Crippen molar-refractivity contribution in [1.82, 2.24) is 5.32 Å². The van der Waals surface area contributed by atoms with Crippen molar-refractivity contribution in [3.8, 4) is 11.5 Å². The van der Waals surface area contributed by atoms with E-state index in [1.807, 2.05) is 0 Å². The molecular weight excluding hydrogens is 676 g/mol. The van der Waals surface area contributed by atoms with Gasteiger partial charge < -0.3 is 85.2 Å². The second kappa shape index (κ2) is 15.1. The summed E-state index contributed by atoms with van der Waals surface area (Å²) in [6, 6.07) is 0.0151. The van der Waals surface area contributed by atoms with Crippen LogP contribution in [0, 0.1) is 0 Å². The normalized spacial score (nSPS) is 37.8. The van der Waals surface area contributed by atoms with Crippen LogP contribution in [0.25, 0.3) is 0 Å². The number of rotatable bonds is 11. The van der Waals surface area contributed by atoms with Crippen LogP contribution < -0.4 is 20.1 Å². The van der Waals surface area contributed by atoms with E-state index in [1.165, 1.54) is 24.3 Å². The van der Waals surface area contributed by atoms with Crippen molar-refractivity contribution in [2.45, 2.75) is 86.3 Å². The van der Waals surface area contributed by atoms with Crippen LogP contribution in [0.1, 0.15) is 12.0 Å². The number of aliphatic carboxylic acids is 3. The molecule has 1 unspecified atom stereocenters. The first-order chi connectivity index (χ1) is 23.6. The summed E-state index contributed by atoms with van der Waals surface area (Å²) in [6.07, 6.45) is -14.8. The molecule has 0 aliphatic carbocycles. The third-order valence-electron chi connectivity index (χ3n) is 9.08. The third-order valence-corrected chi connectivity index (χ3v) is 9.08. The minimum atomic E-state index is -1.92. The topological polar surface area (TPSA) is 330 Å². The Labute approximate surface area is 282 Å². The fourth-order valence-corrected chi connectivity index (χ4v) is 6.35. The summed E-state index contributed by atoms with van der Waals surface area (Å²) in [5.41, 5.74) is 0.587. The van der Waals surface area contributed by atoms with Crippen LogP contribution in [-0.4, -0.2) is 162 Å². The number of allylic oxidation sites excluding steroid dienone is 1. The number of carboxylic acid groups (broad SMARTS) is 3. The molecule has 13 atom stereocenters. The van der Waals surface area contributed by atoms with Gasteiger partial charge in [-0.1, -0.05) is 0 Å². The fourth-order valence-electron chi connectivity index (χ4n) is 6.35. The second-order valence-corrected chi connectivity index (χ2v) is 12.3. The molecule has 0 saturated carbocycles. The van der Waals surface area contributed by atoms with Gasteiger partial charge in [0.1, 0.15) is 78.7 Å². The van der Waals surface area contributed by atoms with Crippen LogP contribution in [0.3, 0.4) is 0 Å². The van der Waals surface area contributed by atoms with E-state index >= 15 is 0 Å². The predicted molar refractivity (Wildman–Crippen MR) is 156 cm³/mol. The molecule has 20 nitrogen and oxygen atoms in total. The van der Waals surface area contributed by atoms with E-state index < -0.39 is 110 Å². The number of fused-ring (bicyclic) bond motifs is 1. The van der Waals surface area contributed by atoms with Crippen molar-refractivity contribution in [1.29, 1.82) is 0 Å². The molecule has 0 bridgehead atoms. The van der Waals surface area contributed by atoms with E-state index in [4.69, 9.17) is 18.9 Å². The maximum atomic E-state index is 12.2. The molecule has 50 heavy (non-hydrogen) atoms. The van der Waals surface area contributed by atoms with E-state index in [0.717, 1.165) is 0 Å². The van der Waals surface area contributed by atoms with E-state index in [2.05, 4.69) is 5.32 Å². The molecule has 4 heterocycles. The van der Waals surface area contributed by atoms with Crippen LogP contribution in [0.2, 0.25) is 0 Å². The maximum Gasteiger partial charge on any atom is 0.351 e. The van der Waals surface area contributed by atoms with Crippen molar-refractivity contribution < 1.29 is 94.4 Å². The number of aliphatic hydroxyl groups is 7. The Balaban J connectivity index is 1.41. The monoisotopic (exact) mass is 714 g/mol. The van der Waals surface area contributed by atoms with Gasteiger partial charge in [0.05, 0.1) is 13.2 Å². The van der Waals surface area contributed by atoms with Gasteiger partial charge in [-0.15, -0.1) is 0 Å².